The fourth-order valence-electron chi connectivity index (χ4n) is 7.63. The summed E-state index contributed by atoms with van der Waals surface area (Å²) in [7, 11) is -0.0715. The molecular weight excluding hydrogens is 741 g/mol. The average molecular weight is 784 g/mol. The minimum absolute atomic E-state index is 0.000273. The summed E-state index contributed by atoms with van der Waals surface area (Å²) >= 11 is 6.49. The van der Waals surface area contributed by atoms with Crippen LogP contribution < -0.4 is 10.6 Å². The lowest BCUT2D eigenvalue weighted by atomic mass is 9.94. The van der Waals surface area contributed by atoms with Gasteiger partial charge in [0.1, 0.15) is 17.6 Å². The van der Waals surface area contributed by atoms with E-state index in [0.29, 0.717) is 74.9 Å². The lowest BCUT2D eigenvalue weighted by Crippen LogP contribution is -2.50. The van der Waals surface area contributed by atoms with Crippen LogP contribution in [0.15, 0.2) is 82.8 Å². The largest absolute Gasteiger partial charge is 0.846 e. The van der Waals surface area contributed by atoms with Crippen molar-refractivity contribution in [2.24, 2.45) is 4.99 Å². The number of hydrogen-bond donors (Lipinski definition) is 2. The number of pyridine rings is 1. The van der Waals surface area contributed by atoms with Gasteiger partial charge in [-0.3, -0.25) is 28.9 Å². The van der Waals surface area contributed by atoms with E-state index >= 15 is 4.32 Å². The monoisotopic (exact) mass is 783 g/mol. The minimum Gasteiger partial charge on any atom is -0.466 e. The number of esters is 1. The van der Waals surface area contributed by atoms with Crippen LogP contribution in [0.25, 0.3) is 6.08 Å². The number of benzene rings is 1. The van der Waals surface area contributed by atoms with Crippen molar-refractivity contribution in [2.45, 2.75) is 45.6 Å². The van der Waals surface area contributed by atoms with Crippen LogP contribution >= 0.6 is 11.6 Å². The molecular formula is C40H43BClF2N8O4+. The molecule has 4 aliphatic rings. The van der Waals surface area contributed by atoms with E-state index in [2.05, 4.69) is 20.5 Å². The topological polar surface area (TPSA) is 124 Å². The maximum absolute atomic E-state index is 15.6. The molecule has 0 saturated carbocycles. The Morgan fingerprint density at radius 1 is 1.09 bits per heavy atom. The number of rotatable bonds is 12. The van der Waals surface area contributed by atoms with Crippen molar-refractivity contribution in [3.05, 3.63) is 117 Å². The normalized spacial score (nSPS) is 18.0. The second-order valence-corrected chi connectivity index (χ2v) is 14.6. The second kappa shape index (κ2) is 16.8. The first-order valence-corrected chi connectivity index (χ1v) is 19.1. The number of allylic oxidation sites excluding steroid dienone is 2. The van der Waals surface area contributed by atoms with E-state index < -0.39 is 25.1 Å². The van der Waals surface area contributed by atoms with Gasteiger partial charge in [-0.05, 0) is 56.2 Å². The van der Waals surface area contributed by atoms with Gasteiger partial charge in [0.15, 0.2) is 17.2 Å². The number of methoxy groups -OCH3 is 1. The van der Waals surface area contributed by atoms with Crippen LogP contribution in [-0.4, -0.2) is 107 Å². The summed E-state index contributed by atoms with van der Waals surface area (Å²) in [6.07, 6.45) is 8.75. The number of ether oxygens (including phenoxy) is 1. The molecule has 1 aromatic carbocycles. The number of carbonyl (C=O) groups is 3. The molecule has 2 amide bonds. The van der Waals surface area contributed by atoms with Gasteiger partial charge in [0, 0.05) is 111 Å². The van der Waals surface area contributed by atoms with Gasteiger partial charge in [0.2, 0.25) is 11.8 Å². The molecule has 2 aromatic heterocycles. The Morgan fingerprint density at radius 3 is 2.62 bits per heavy atom. The van der Waals surface area contributed by atoms with E-state index in [9.17, 15) is 18.8 Å². The van der Waals surface area contributed by atoms with Crippen LogP contribution in [-0.2, 0) is 19.1 Å². The number of aromatic nitrogens is 2. The summed E-state index contributed by atoms with van der Waals surface area (Å²) in [4.78, 5) is 52.3. The van der Waals surface area contributed by atoms with E-state index in [-0.39, 0.29) is 35.3 Å². The van der Waals surface area contributed by atoms with Crippen molar-refractivity contribution in [3.63, 3.8) is 0 Å². The lowest BCUT2D eigenvalue weighted by molar-refractivity contribution is -0.335. The molecule has 16 heteroatoms. The molecule has 1 unspecified atom stereocenters. The third-order valence-electron chi connectivity index (χ3n) is 10.5. The van der Waals surface area contributed by atoms with Crippen molar-refractivity contribution in [1.29, 1.82) is 0 Å². The number of piperazine rings is 1. The molecule has 0 spiro atoms. The van der Waals surface area contributed by atoms with Gasteiger partial charge in [-0.2, -0.15) is 0 Å². The number of hydrogen-bond acceptors (Lipinski definition) is 8. The Kier molecular flexibility index (Phi) is 11.6. The van der Waals surface area contributed by atoms with Crippen LogP contribution in [0, 0.1) is 19.7 Å². The van der Waals surface area contributed by atoms with E-state index in [1.54, 1.807) is 27.3 Å². The van der Waals surface area contributed by atoms with Crippen molar-refractivity contribution in [2.75, 3.05) is 46.4 Å². The Morgan fingerprint density at radius 2 is 1.89 bits per heavy atom. The zero-order valence-corrected chi connectivity index (χ0v) is 32.3. The first-order chi connectivity index (χ1) is 27.0. The maximum Gasteiger partial charge on any atom is 0.846 e. The molecule has 3 aromatic rings. The molecule has 0 radical (unpaired) electrons. The van der Waals surface area contributed by atoms with Gasteiger partial charge in [-0.1, -0.05) is 23.7 Å². The highest BCUT2D eigenvalue weighted by molar-refractivity contribution is 6.43. The van der Waals surface area contributed by atoms with Gasteiger partial charge in [-0.15, -0.1) is 0 Å². The SMILES string of the molecule is COC(=O)C1=C(CN2CCN(C(=O)CCCNC(=O)CCC3=[N+]4B(F)n5c(C)cc(C)c5C=C4C=C3)CC2)NC(c2ccccn2)=NC1c1ccc(F)cc1Cl. The highest BCUT2D eigenvalue weighted by atomic mass is 35.5. The third-order valence-corrected chi connectivity index (χ3v) is 10.8. The van der Waals surface area contributed by atoms with Crippen LogP contribution in [0.4, 0.5) is 8.71 Å². The summed E-state index contributed by atoms with van der Waals surface area (Å²) < 4.78 is 38.2. The maximum atomic E-state index is 15.6. The highest BCUT2D eigenvalue weighted by Crippen LogP contribution is 2.37. The molecule has 0 bridgehead atoms. The first-order valence-electron chi connectivity index (χ1n) is 18.7. The molecule has 0 aliphatic carbocycles. The number of nitrogens with zero attached hydrogens (tertiary/aromatic N) is 6. The Bertz CT molecular complexity index is 2210. The zero-order chi connectivity index (χ0) is 39.5. The van der Waals surface area contributed by atoms with Crippen molar-refractivity contribution in [1.82, 2.24) is 29.9 Å². The smallest absolute Gasteiger partial charge is 0.466 e. The van der Waals surface area contributed by atoms with E-state index in [1.165, 1.54) is 25.3 Å². The Labute approximate surface area is 329 Å². The van der Waals surface area contributed by atoms with Gasteiger partial charge in [-0.25, -0.2) is 18.0 Å². The van der Waals surface area contributed by atoms with Gasteiger partial charge in [0.05, 0.1) is 12.7 Å². The standard InChI is InChI=1S/C40H42BClF2N8O4/c1-25-21-26(2)51-34(25)23-29-11-10-28(52(29)41(51)44)12-14-35(53)46-16-6-8-36(54)50-19-17-49(18-20-50)24-33-37(40(55)56-3)38(30-13-9-27(43)22-31(30)42)48-39(47-33)32-7-4-5-15-45-32/h4-5,7,9-11,13,15,21-23,38H,6,8,12,14,16-20,24H2,1-3H3,(H-,46,47,48,53,55)/p+1. The van der Waals surface area contributed by atoms with Crippen LogP contribution in [0.5, 0.6) is 0 Å². The molecule has 290 valence electrons. The van der Waals surface area contributed by atoms with Gasteiger partial charge in [0.25, 0.3) is 0 Å². The highest BCUT2D eigenvalue weighted by Gasteiger charge is 2.47. The number of nitrogens with one attached hydrogen (secondary N) is 2. The summed E-state index contributed by atoms with van der Waals surface area (Å²) in [5.74, 6) is -0.831. The van der Waals surface area contributed by atoms with Gasteiger partial charge < -0.3 is 20.3 Å². The predicted octanol–water partition coefficient (Wildman–Crippen LogP) is 4.51. The second-order valence-electron chi connectivity index (χ2n) is 14.2. The number of carbonyl (C=O) groups excluding carboxylic acids is 3. The van der Waals surface area contributed by atoms with Crippen LogP contribution in [0.1, 0.15) is 59.9 Å². The van der Waals surface area contributed by atoms with E-state index in [0.717, 1.165) is 28.4 Å². The Hall–Kier alpha value is -5.41. The average Bonchev–Trinajstić information content (AvgIpc) is 3.74. The molecule has 1 fully saturated rings. The zero-order valence-electron chi connectivity index (χ0n) is 31.5. The number of halogens is 3. The summed E-state index contributed by atoms with van der Waals surface area (Å²) in [6, 6.07) is 10.5. The molecule has 56 heavy (non-hydrogen) atoms. The van der Waals surface area contributed by atoms with Crippen molar-refractivity contribution < 1.29 is 32.3 Å². The molecule has 4 aliphatic heterocycles. The van der Waals surface area contributed by atoms with Crippen LogP contribution in [0.3, 0.4) is 0 Å². The molecule has 1 saturated heterocycles. The quantitative estimate of drug-likeness (QED) is 0.158. The number of amidine groups is 1. The molecule has 1 atom stereocenters. The number of aryl methyl sites for hydroxylation is 2. The number of amides is 2. The molecule has 12 nitrogen and oxygen atoms in total. The van der Waals surface area contributed by atoms with Crippen LogP contribution in [0.2, 0.25) is 5.02 Å². The van der Waals surface area contributed by atoms with Crippen molar-refractivity contribution in [3.8, 4) is 0 Å². The summed E-state index contributed by atoms with van der Waals surface area (Å²) in [5.41, 5.74) is 6.06. The number of aliphatic imine (C=N–C) groups is 1. The predicted molar refractivity (Wildman–Crippen MR) is 210 cm³/mol. The lowest BCUT2D eigenvalue weighted by Gasteiger charge is -2.36. The minimum atomic E-state index is -1.36. The molecule has 7 rings (SSSR count). The summed E-state index contributed by atoms with van der Waals surface area (Å²) in [5, 5.41) is 6.33. The van der Waals surface area contributed by atoms with E-state index in [1.807, 2.05) is 49.1 Å². The van der Waals surface area contributed by atoms with Crippen molar-refractivity contribution >= 4 is 54.3 Å². The fourth-order valence-corrected chi connectivity index (χ4v) is 7.90. The third kappa shape index (κ3) is 8.10. The fraction of sp³-hybridized carbons (Fsp3) is 0.350. The first kappa shape index (κ1) is 38.9. The summed E-state index contributed by atoms with van der Waals surface area (Å²) in [6.45, 7) is 6.61. The molecule has 2 N–H and O–H groups in total. The van der Waals surface area contributed by atoms with Gasteiger partial charge >= 0.3 is 13.2 Å². The Balaban J connectivity index is 0.910. The molecule has 6 heterocycles. The van der Waals surface area contributed by atoms with E-state index in [4.69, 9.17) is 21.3 Å². The number of fused-ring (bicyclic) bond motifs is 2.